The molecule has 1 aromatic carbocycles. The Morgan fingerprint density at radius 3 is 2.58 bits per heavy atom. The molecule has 1 heterocycles. The molecule has 0 bridgehead atoms. The minimum atomic E-state index is -4.80. The third kappa shape index (κ3) is 3.02. The average molecular weight is 288 g/mol. The molecule has 8 heteroatoms. The summed E-state index contributed by atoms with van der Waals surface area (Å²) in [4.78, 5) is 14.5. The second-order valence-electron chi connectivity index (χ2n) is 3.43. The first-order valence-corrected chi connectivity index (χ1v) is 5.79. The highest BCUT2D eigenvalue weighted by Crippen LogP contribution is 2.37. The number of ether oxygens (including phenoxy) is 1. The van der Waals surface area contributed by atoms with Crippen LogP contribution in [0.4, 0.5) is 18.2 Å². The van der Waals surface area contributed by atoms with Crippen LogP contribution in [0.3, 0.4) is 0 Å². The number of hydrogen-bond donors (Lipinski definition) is 1. The zero-order valence-electron chi connectivity index (χ0n) is 9.27. The number of aldehydes is 1. The zero-order chi connectivity index (χ0) is 14.0. The number of nitrogens with zero attached hydrogens (tertiary/aromatic N) is 1. The third-order valence-corrected chi connectivity index (χ3v) is 3.07. The number of carbonyl (C=O) groups excluding carboxylic acids is 1. The lowest BCUT2D eigenvalue weighted by Gasteiger charge is -2.11. The van der Waals surface area contributed by atoms with E-state index < -0.39 is 6.36 Å². The van der Waals surface area contributed by atoms with Crippen LogP contribution in [-0.2, 0) is 0 Å². The van der Waals surface area contributed by atoms with Gasteiger partial charge in [0.05, 0.1) is 5.56 Å². The van der Waals surface area contributed by atoms with Crippen molar-refractivity contribution in [1.29, 1.82) is 0 Å². The molecule has 19 heavy (non-hydrogen) atoms. The maximum Gasteiger partial charge on any atom is 0.573 e. The van der Waals surface area contributed by atoms with Crippen LogP contribution < -0.4 is 10.5 Å². The summed E-state index contributed by atoms with van der Waals surface area (Å²) in [5.74, 6) is -0.388. The van der Waals surface area contributed by atoms with Gasteiger partial charge in [-0.25, -0.2) is 4.98 Å². The molecular formula is C11H7F3N2O2S. The first-order valence-electron chi connectivity index (χ1n) is 4.97. The predicted molar refractivity (Wildman–Crippen MR) is 64.0 cm³/mol. The molecule has 0 unspecified atom stereocenters. The molecule has 2 N–H and O–H groups in total. The quantitative estimate of drug-likeness (QED) is 0.881. The lowest BCUT2D eigenvalue weighted by atomic mass is 10.2. The fourth-order valence-electron chi connectivity index (χ4n) is 1.40. The van der Waals surface area contributed by atoms with E-state index in [0.29, 0.717) is 6.29 Å². The van der Waals surface area contributed by atoms with Gasteiger partial charge in [-0.3, -0.25) is 4.79 Å². The maximum absolute atomic E-state index is 12.3. The molecule has 0 radical (unpaired) electrons. The molecule has 0 aliphatic heterocycles. The first-order chi connectivity index (χ1) is 8.90. The molecule has 0 aliphatic rings. The van der Waals surface area contributed by atoms with Crippen LogP contribution in [0.5, 0.6) is 5.75 Å². The topological polar surface area (TPSA) is 65.2 Å². The molecule has 100 valence electrons. The van der Waals surface area contributed by atoms with Crippen LogP contribution in [-0.4, -0.2) is 17.6 Å². The number of benzene rings is 1. The Labute approximate surface area is 109 Å². The van der Waals surface area contributed by atoms with Gasteiger partial charge < -0.3 is 10.5 Å². The van der Waals surface area contributed by atoms with Crippen molar-refractivity contribution in [3.63, 3.8) is 0 Å². The molecule has 4 nitrogen and oxygen atoms in total. The van der Waals surface area contributed by atoms with E-state index in [1.54, 1.807) is 0 Å². The van der Waals surface area contributed by atoms with E-state index in [9.17, 15) is 18.0 Å². The van der Waals surface area contributed by atoms with Crippen molar-refractivity contribution in [2.75, 3.05) is 5.73 Å². The number of hydrogen-bond acceptors (Lipinski definition) is 5. The summed E-state index contributed by atoms with van der Waals surface area (Å²) in [7, 11) is 0. The van der Waals surface area contributed by atoms with E-state index in [1.807, 2.05) is 0 Å². The van der Waals surface area contributed by atoms with Gasteiger partial charge in [0.15, 0.2) is 6.29 Å². The summed E-state index contributed by atoms with van der Waals surface area (Å²) >= 11 is 0.920. The Morgan fingerprint density at radius 2 is 2.00 bits per heavy atom. The highest BCUT2D eigenvalue weighted by molar-refractivity contribution is 7.19. The Balaban J connectivity index is 2.46. The Morgan fingerprint density at radius 1 is 1.32 bits per heavy atom. The summed E-state index contributed by atoms with van der Waals surface area (Å²) in [6.07, 6.45) is -4.35. The number of rotatable bonds is 3. The van der Waals surface area contributed by atoms with Crippen molar-refractivity contribution in [1.82, 2.24) is 4.98 Å². The molecule has 0 saturated heterocycles. The van der Waals surface area contributed by atoms with Gasteiger partial charge in [-0.15, -0.1) is 13.2 Å². The van der Waals surface area contributed by atoms with Gasteiger partial charge in [-0.2, -0.15) is 0 Å². The maximum atomic E-state index is 12.3. The Kier molecular flexibility index (Phi) is 3.43. The van der Waals surface area contributed by atoms with Gasteiger partial charge in [0.2, 0.25) is 0 Å². The van der Waals surface area contributed by atoms with Gasteiger partial charge in [0, 0.05) is 0 Å². The number of thiazole rings is 1. The number of alkyl halides is 3. The van der Waals surface area contributed by atoms with Crippen LogP contribution in [0.25, 0.3) is 10.6 Å². The fourth-order valence-corrected chi connectivity index (χ4v) is 2.23. The van der Waals surface area contributed by atoms with E-state index in [-0.39, 0.29) is 27.0 Å². The average Bonchev–Trinajstić information content (AvgIpc) is 2.69. The minimum Gasteiger partial charge on any atom is -0.405 e. The highest BCUT2D eigenvalue weighted by Gasteiger charge is 2.32. The smallest absolute Gasteiger partial charge is 0.405 e. The highest BCUT2D eigenvalue weighted by atomic mass is 32.1. The number of aromatic nitrogens is 1. The number of para-hydroxylation sites is 1. The van der Waals surface area contributed by atoms with E-state index in [2.05, 4.69) is 9.72 Å². The third-order valence-electron chi connectivity index (χ3n) is 2.14. The molecule has 1 aromatic heterocycles. The normalized spacial score (nSPS) is 11.3. The van der Waals surface area contributed by atoms with Crippen molar-refractivity contribution >= 4 is 22.6 Å². The lowest BCUT2D eigenvalue weighted by molar-refractivity contribution is -0.274. The minimum absolute atomic E-state index is 0.00168. The zero-order valence-corrected chi connectivity index (χ0v) is 10.1. The molecule has 0 amide bonds. The number of anilines is 1. The van der Waals surface area contributed by atoms with Gasteiger partial charge in [-0.1, -0.05) is 23.5 Å². The van der Waals surface area contributed by atoms with Crippen molar-refractivity contribution in [3.8, 4) is 16.3 Å². The molecular weight excluding hydrogens is 281 g/mol. The van der Waals surface area contributed by atoms with E-state index in [4.69, 9.17) is 5.73 Å². The molecule has 2 aromatic rings. The predicted octanol–water partition coefficient (Wildman–Crippen LogP) is 3.10. The number of nitrogen functional groups attached to an aromatic ring is 1. The summed E-state index contributed by atoms with van der Waals surface area (Å²) in [6.45, 7) is 0. The summed E-state index contributed by atoms with van der Waals surface area (Å²) in [5, 5.41) is 0.339. The van der Waals surface area contributed by atoms with Crippen LogP contribution >= 0.6 is 11.3 Å². The number of halogens is 3. The monoisotopic (exact) mass is 288 g/mol. The Hall–Kier alpha value is -2.09. The number of nitrogens with two attached hydrogens (primary N) is 1. The lowest BCUT2D eigenvalue weighted by Crippen LogP contribution is -2.17. The molecule has 0 spiro atoms. The summed E-state index contributed by atoms with van der Waals surface area (Å²) in [5.41, 5.74) is 5.66. The van der Waals surface area contributed by atoms with Crippen LogP contribution in [0.2, 0.25) is 0 Å². The molecule has 0 saturated carbocycles. The van der Waals surface area contributed by atoms with Crippen molar-refractivity contribution in [2.45, 2.75) is 6.36 Å². The van der Waals surface area contributed by atoms with Crippen LogP contribution in [0, 0.1) is 0 Å². The van der Waals surface area contributed by atoms with Crippen LogP contribution in [0.15, 0.2) is 24.3 Å². The first kappa shape index (κ1) is 13.3. The molecule has 0 fully saturated rings. The van der Waals surface area contributed by atoms with E-state index >= 15 is 0 Å². The number of carbonyl (C=O) groups is 1. The van der Waals surface area contributed by atoms with Crippen molar-refractivity contribution in [2.24, 2.45) is 0 Å². The van der Waals surface area contributed by atoms with Gasteiger partial charge >= 0.3 is 6.36 Å². The largest absolute Gasteiger partial charge is 0.573 e. The van der Waals surface area contributed by atoms with E-state index in [0.717, 1.165) is 11.3 Å². The fraction of sp³-hybridized carbons (Fsp3) is 0.0909. The Bertz CT molecular complexity index is 610. The van der Waals surface area contributed by atoms with Crippen molar-refractivity contribution in [3.05, 3.63) is 30.0 Å². The van der Waals surface area contributed by atoms with Gasteiger partial charge in [0.1, 0.15) is 21.5 Å². The van der Waals surface area contributed by atoms with Crippen LogP contribution in [0.1, 0.15) is 10.5 Å². The van der Waals surface area contributed by atoms with Crippen molar-refractivity contribution < 1.29 is 22.7 Å². The van der Waals surface area contributed by atoms with Gasteiger partial charge in [-0.05, 0) is 12.1 Å². The second-order valence-corrected chi connectivity index (χ2v) is 4.46. The molecule has 0 atom stereocenters. The SMILES string of the molecule is Nc1sc(-c2ccccc2OC(F)(F)F)nc1C=O. The standard InChI is InChI=1S/C11H7F3N2O2S/c12-11(13,14)18-8-4-2-1-3-6(8)10-16-7(5-17)9(15)19-10/h1-5H,15H2. The molecule has 0 aliphatic carbocycles. The van der Waals surface area contributed by atoms with Gasteiger partial charge in [0.25, 0.3) is 0 Å². The van der Waals surface area contributed by atoms with E-state index in [1.165, 1.54) is 24.3 Å². The second kappa shape index (κ2) is 4.88. The summed E-state index contributed by atoms with van der Waals surface area (Å²) < 4.78 is 40.7. The summed E-state index contributed by atoms with van der Waals surface area (Å²) in [6, 6.07) is 5.52. The molecule has 2 rings (SSSR count).